The first-order valence-corrected chi connectivity index (χ1v) is 7.95. The third kappa shape index (κ3) is 2.84. The fourth-order valence-electron chi connectivity index (χ4n) is 2.41. The van der Waals surface area contributed by atoms with Crippen molar-refractivity contribution in [2.24, 2.45) is 0 Å². The number of H-pyrrole nitrogens is 1. The summed E-state index contributed by atoms with van der Waals surface area (Å²) in [7, 11) is 0. The molecule has 0 aromatic carbocycles. The Morgan fingerprint density at radius 2 is 2.22 bits per heavy atom. The van der Waals surface area contributed by atoms with Gasteiger partial charge in [0.2, 0.25) is 0 Å². The maximum Gasteiger partial charge on any atom is 0.120 e. The molecule has 5 heteroatoms. The summed E-state index contributed by atoms with van der Waals surface area (Å²) in [6.45, 7) is 0.844. The molecule has 1 aliphatic rings. The van der Waals surface area contributed by atoms with E-state index in [9.17, 15) is 0 Å². The smallest absolute Gasteiger partial charge is 0.120 e. The van der Waals surface area contributed by atoms with Crippen LogP contribution in [0.5, 0.6) is 0 Å². The molecular formula is C13H16BrN3S. The Labute approximate surface area is 119 Å². The minimum Gasteiger partial charge on any atom is -0.340 e. The summed E-state index contributed by atoms with van der Waals surface area (Å²) in [5.74, 6) is 1.03. The molecule has 1 saturated carbocycles. The molecule has 1 fully saturated rings. The van der Waals surface area contributed by atoms with Gasteiger partial charge in [0.15, 0.2) is 0 Å². The lowest BCUT2D eigenvalue weighted by Crippen LogP contribution is -2.25. The van der Waals surface area contributed by atoms with Crippen LogP contribution in [0.1, 0.15) is 31.5 Å². The van der Waals surface area contributed by atoms with Gasteiger partial charge >= 0.3 is 0 Å². The van der Waals surface area contributed by atoms with Gasteiger partial charge in [-0.05, 0) is 40.9 Å². The topological polar surface area (TPSA) is 40.7 Å². The molecule has 0 spiro atoms. The zero-order chi connectivity index (χ0) is 12.4. The van der Waals surface area contributed by atoms with Crippen LogP contribution in [0.15, 0.2) is 22.1 Å². The Kier molecular flexibility index (Phi) is 3.82. The normalized spacial score (nSPS) is 16.5. The highest BCUT2D eigenvalue weighted by atomic mass is 79.9. The van der Waals surface area contributed by atoms with Crippen LogP contribution in [0.2, 0.25) is 0 Å². The standard InChI is InChI=1S/C13H16BrN3S/c14-12-6-5-11(18-12)10-7-16-13(17-10)8-15-9-3-1-2-4-9/h5-7,9,15H,1-4,8H2,(H,16,17). The Morgan fingerprint density at radius 1 is 1.39 bits per heavy atom. The van der Waals surface area contributed by atoms with E-state index in [0.29, 0.717) is 6.04 Å². The van der Waals surface area contributed by atoms with Crippen LogP contribution >= 0.6 is 27.3 Å². The molecule has 2 aromatic rings. The van der Waals surface area contributed by atoms with E-state index in [1.165, 1.54) is 30.6 Å². The van der Waals surface area contributed by atoms with Crippen molar-refractivity contribution in [3.63, 3.8) is 0 Å². The summed E-state index contributed by atoms with van der Waals surface area (Å²) in [4.78, 5) is 9.04. The highest BCUT2D eigenvalue weighted by molar-refractivity contribution is 9.11. The monoisotopic (exact) mass is 325 g/mol. The van der Waals surface area contributed by atoms with Gasteiger partial charge in [0.1, 0.15) is 5.82 Å². The number of nitrogens with one attached hydrogen (secondary N) is 2. The second-order valence-electron chi connectivity index (χ2n) is 4.71. The van der Waals surface area contributed by atoms with Gasteiger partial charge in [-0.2, -0.15) is 0 Å². The molecule has 0 bridgehead atoms. The molecule has 3 nitrogen and oxygen atoms in total. The number of hydrogen-bond acceptors (Lipinski definition) is 3. The molecule has 2 heterocycles. The average Bonchev–Trinajstić information content (AvgIpc) is 3.07. The van der Waals surface area contributed by atoms with E-state index in [4.69, 9.17) is 0 Å². The lowest BCUT2D eigenvalue weighted by molar-refractivity contribution is 0.515. The highest BCUT2D eigenvalue weighted by Gasteiger charge is 2.14. The lowest BCUT2D eigenvalue weighted by atomic mass is 10.2. The van der Waals surface area contributed by atoms with Crippen LogP contribution in [0.3, 0.4) is 0 Å². The van der Waals surface area contributed by atoms with Gasteiger partial charge in [0.05, 0.1) is 27.1 Å². The van der Waals surface area contributed by atoms with Crippen molar-refractivity contribution in [2.75, 3.05) is 0 Å². The van der Waals surface area contributed by atoms with E-state index in [0.717, 1.165) is 21.8 Å². The molecule has 18 heavy (non-hydrogen) atoms. The zero-order valence-electron chi connectivity index (χ0n) is 10.1. The fourth-order valence-corrected chi connectivity index (χ4v) is 3.76. The molecule has 0 saturated heterocycles. The van der Waals surface area contributed by atoms with Gasteiger partial charge in [-0.25, -0.2) is 4.98 Å². The third-order valence-electron chi connectivity index (χ3n) is 3.38. The van der Waals surface area contributed by atoms with Gasteiger partial charge < -0.3 is 10.3 Å². The van der Waals surface area contributed by atoms with E-state index in [-0.39, 0.29) is 0 Å². The van der Waals surface area contributed by atoms with Crippen molar-refractivity contribution in [3.05, 3.63) is 27.9 Å². The molecule has 0 atom stereocenters. The number of aromatic amines is 1. The Morgan fingerprint density at radius 3 is 2.94 bits per heavy atom. The van der Waals surface area contributed by atoms with E-state index in [1.54, 1.807) is 11.3 Å². The molecule has 3 rings (SSSR count). The van der Waals surface area contributed by atoms with E-state index < -0.39 is 0 Å². The number of imidazole rings is 1. The van der Waals surface area contributed by atoms with Crippen LogP contribution in [-0.2, 0) is 6.54 Å². The summed E-state index contributed by atoms with van der Waals surface area (Å²) in [5.41, 5.74) is 1.11. The Bertz CT molecular complexity index is 514. The maximum absolute atomic E-state index is 4.44. The fraction of sp³-hybridized carbons (Fsp3) is 0.462. The van der Waals surface area contributed by atoms with Gasteiger partial charge in [-0.3, -0.25) is 0 Å². The highest BCUT2D eigenvalue weighted by Crippen LogP contribution is 2.30. The molecule has 2 N–H and O–H groups in total. The van der Waals surface area contributed by atoms with Crippen LogP contribution < -0.4 is 5.32 Å². The summed E-state index contributed by atoms with van der Waals surface area (Å²) >= 11 is 5.21. The summed E-state index contributed by atoms with van der Waals surface area (Å²) in [5, 5.41) is 3.57. The largest absolute Gasteiger partial charge is 0.340 e. The zero-order valence-corrected chi connectivity index (χ0v) is 12.5. The number of hydrogen-bond donors (Lipinski definition) is 2. The maximum atomic E-state index is 4.44. The predicted octanol–water partition coefficient (Wildman–Crippen LogP) is 3.93. The van der Waals surface area contributed by atoms with Crippen LogP contribution in [0.4, 0.5) is 0 Å². The number of thiophene rings is 1. The molecule has 96 valence electrons. The quantitative estimate of drug-likeness (QED) is 0.894. The predicted molar refractivity (Wildman–Crippen MR) is 78.7 cm³/mol. The number of aromatic nitrogens is 2. The Hall–Kier alpha value is -0.650. The van der Waals surface area contributed by atoms with E-state index >= 15 is 0 Å². The number of halogens is 1. The van der Waals surface area contributed by atoms with E-state index in [2.05, 4.69) is 43.3 Å². The first-order chi connectivity index (χ1) is 8.81. The first-order valence-electron chi connectivity index (χ1n) is 6.34. The molecule has 1 aliphatic carbocycles. The van der Waals surface area contributed by atoms with Crippen molar-refractivity contribution in [3.8, 4) is 10.6 Å². The Balaban J connectivity index is 1.62. The minimum absolute atomic E-state index is 0.689. The summed E-state index contributed by atoms with van der Waals surface area (Å²) in [6.07, 6.45) is 7.27. The van der Waals surface area contributed by atoms with Gasteiger partial charge in [0.25, 0.3) is 0 Å². The van der Waals surface area contributed by atoms with Crippen molar-refractivity contribution >= 4 is 27.3 Å². The van der Waals surface area contributed by atoms with E-state index in [1.807, 2.05) is 6.20 Å². The summed E-state index contributed by atoms with van der Waals surface area (Å²) < 4.78 is 1.15. The second kappa shape index (κ2) is 5.55. The second-order valence-corrected chi connectivity index (χ2v) is 7.17. The number of rotatable bonds is 4. The number of nitrogens with zero attached hydrogens (tertiary/aromatic N) is 1. The first kappa shape index (κ1) is 12.4. The summed E-state index contributed by atoms with van der Waals surface area (Å²) in [6, 6.07) is 4.86. The van der Waals surface area contributed by atoms with Gasteiger partial charge in [-0.1, -0.05) is 12.8 Å². The van der Waals surface area contributed by atoms with Crippen molar-refractivity contribution in [1.82, 2.24) is 15.3 Å². The average molecular weight is 326 g/mol. The van der Waals surface area contributed by atoms with Crippen LogP contribution in [0.25, 0.3) is 10.6 Å². The SMILES string of the molecule is Brc1ccc(-c2cnc(CNC3CCCC3)[nH]2)s1. The van der Waals surface area contributed by atoms with Crippen LogP contribution in [-0.4, -0.2) is 16.0 Å². The molecule has 0 unspecified atom stereocenters. The molecule has 0 amide bonds. The van der Waals surface area contributed by atoms with Gasteiger partial charge in [-0.15, -0.1) is 11.3 Å². The lowest BCUT2D eigenvalue weighted by Gasteiger charge is -2.09. The minimum atomic E-state index is 0.689. The van der Waals surface area contributed by atoms with Gasteiger partial charge in [0, 0.05) is 6.04 Å². The third-order valence-corrected chi connectivity index (χ3v) is 5.04. The molecule has 0 radical (unpaired) electrons. The van der Waals surface area contributed by atoms with Crippen molar-refractivity contribution in [1.29, 1.82) is 0 Å². The molecule has 2 aromatic heterocycles. The van der Waals surface area contributed by atoms with Crippen molar-refractivity contribution in [2.45, 2.75) is 38.3 Å². The molecule has 0 aliphatic heterocycles. The van der Waals surface area contributed by atoms with Crippen LogP contribution in [0, 0.1) is 0 Å². The van der Waals surface area contributed by atoms with Crippen molar-refractivity contribution < 1.29 is 0 Å². The molecular weight excluding hydrogens is 310 g/mol.